The molecule has 0 bridgehead atoms. The van der Waals surface area contributed by atoms with Crippen molar-refractivity contribution < 1.29 is 9.84 Å². The number of aliphatic hydroxyl groups is 1. The van der Waals surface area contributed by atoms with Crippen molar-refractivity contribution in [3.05, 3.63) is 0 Å². The van der Waals surface area contributed by atoms with E-state index in [0.717, 1.165) is 12.3 Å². The van der Waals surface area contributed by atoms with Crippen molar-refractivity contribution in [1.82, 2.24) is 0 Å². The van der Waals surface area contributed by atoms with Gasteiger partial charge in [-0.05, 0) is 25.2 Å². The van der Waals surface area contributed by atoms with Crippen molar-refractivity contribution in [3.8, 4) is 0 Å². The minimum atomic E-state index is 0.0463. The predicted molar refractivity (Wildman–Crippen MR) is 45.6 cm³/mol. The number of rotatable bonds is 2. The van der Waals surface area contributed by atoms with Gasteiger partial charge in [0.25, 0.3) is 0 Å². The highest BCUT2D eigenvalue weighted by Crippen LogP contribution is 2.39. The SMILES string of the molecule is NC1COC(C2CC2)CC1CO. The number of nitrogens with two attached hydrogens (primary N) is 1. The molecule has 3 atom stereocenters. The first-order valence-electron chi connectivity index (χ1n) is 4.79. The monoisotopic (exact) mass is 171 g/mol. The highest BCUT2D eigenvalue weighted by molar-refractivity contribution is 4.89. The third kappa shape index (κ3) is 1.63. The van der Waals surface area contributed by atoms with Crippen LogP contribution in [-0.4, -0.2) is 30.5 Å². The molecule has 3 nitrogen and oxygen atoms in total. The molecule has 0 spiro atoms. The minimum absolute atomic E-state index is 0.0463. The first-order chi connectivity index (χ1) is 5.81. The average molecular weight is 171 g/mol. The molecule has 2 rings (SSSR count). The van der Waals surface area contributed by atoms with Gasteiger partial charge in [0, 0.05) is 18.6 Å². The molecule has 0 aromatic carbocycles. The summed E-state index contributed by atoms with van der Waals surface area (Å²) < 4.78 is 5.61. The largest absolute Gasteiger partial charge is 0.396 e. The van der Waals surface area contributed by atoms with Crippen LogP contribution in [0.3, 0.4) is 0 Å². The molecule has 2 fully saturated rings. The fourth-order valence-corrected chi connectivity index (χ4v) is 1.92. The highest BCUT2D eigenvalue weighted by atomic mass is 16.5. The lowest BCUT2D eigenvalue weighted by molar-refractivity contribution is -0.0442. The third-order valence-corrected chi connectivity index (χ3v) is 3.03. The van der Waals surface area contributed by atoms with Crippen molar-refractivity contribution in [3.63, 3.8) is 0 Å². The summed E-state index contributed by atoms with van der Waals surface area (Å²) in [5, 5.41) is 9.05. The molecule has 1 aliphatic carbocycles. The summed E-state index contributed by atoms with van der Waals surface area (Å²) in [7, 11) is 0. The van der Waals surface area contributed by atoms with Crippen LogP contribution in [0, 0.1) is 11.8 Å². The summed E-state index contributed by atoms with van der Waals surface area (Å²) >= 11 is 0. The van der Waals surface area contributed by atoms with Gasteiger partial charge in [0.1, 0.15) is 0 Å². The quantitative estimate of drug-likeness (QED) is 0.620. The molecule has 70 valence electrons. The van der Waals surface area contributed by atoms with Crippen LogP contribution in [0.5, 0.6) is 0 Å². The Morgan fingerprint density at radius 3 is 2.75 bits per heavy atom. The zero-order valence-electron chi connectivity index (χ0n) is 7.28. The minimum Gasteiger partial charge on any atom is -0.396 e. The molecular weight excluding hydrogens is 154 g/mol. The van der Waals surface area contributed by atoms with Crippen LogP contribution in [0.25, 0.3) is 0 Å². The van der Waals surface area contributed by atoms with Crippen molar-refractivity contribution in [1.29, 1.82) is 0 Å². The summed E-state index contributed by atoms with van der Waals surface area (Å²) in [5.41, 5.74) is 5.79. The number of ether oxygens (including phenoxy) is 1. The second-order valence-electron chi connectivity index (χ2n) is 4.05. The zero-order valence-corrected chi connectivity index (χ0v) is 7.28. The van der Waals surface area contributed by atoms with Gasteiger partial charge in [0.05, 0.1) is 12.7 Å². The zero-order chi connectivity index (χ0) is 8.55. The van der Waals surface area contributed by atoms with Crippen molar-refractivity contribution in [2.75, 3.05) is 13.2 Å². The van der Waals surface area contributed by atoms with Crippen molar-refractivity contribution in [2.45, 2.75) is 31.4 Å². The van der Waals surface area contributed by atoms with Gasteiger partial charge in [-0.25, -0.2) is 0 Å². The number of hydrogen-bond donors (Lipinski definition) is 2. The maximum absolute atomic E-state index is 9.05. The Bertz CT molecular complexity index is 159. The summed E-state index contributed by atoms with van der Waals surface area (Å²) in [6.45, 7) is 0.847. The molecule has 0 radical (unpaired) electrons. The summed E-state index contributed by atoms with van der Waals surface area (Å²) in [6, 6.07) is 0.0463. The molecule has 3 N–H and O–H groups in total. The van der Waals surface area contributed by atoms with E-state index in [1.807, 2.05) is 0 Å². The van der Waals surface area contributed by atoms with Crippen LogP contribution in [0.4, 0.5) is 0 Å². The summed E-state index contributed by atoms with van der Waals surface area (Å²) in [4.78, 5) is 0. The normalized spacial score (nSPS) is 43.0. The molecule has 3 heteroatoms. The molecule has 12 heavy (non-hydrogen) atoms. The lowest BCUT2D eigenvalue weighted by Crippen LogP contribution is -2.45. The van der Waals surface area contributed by atoms with Crippen LogP contribution in [-0.2, 0) is 4.74 Å². The Kier molecular flexibility index (Phi) is 2.35. The van der Waals surface area contributed by atoms with Crippen LogP contribution < -0.4 is 5.73 Å². The smallest absolute Gasteiger partial charge is 0.0625 e. The van der Waals surface area contributed by atoms with Crippen LogP contribution in [0.1, 0.15) is 19.3 Å². The molecule has 1 heterocycles. The lowest BCUT2D eigenvalue weighted by Gasteiger charge is -2.33. The molecule has 1 saturated carbocycles. The first-order valence-corrected chi connectivity index (χ1v) is 4.79. The fourth-order valence-electron chi connectivity index (χ4n) is 1.92. The Hall–Kier alpha value is -0.120. The van der Waals surface area contributed by atoms with Gasteiger partial charge in [0.15, 0.2) is 0 Å². The van der Waals surface area contributed by atoms with E-state index in [9.17, 15) is 0 Å². The van der Waals surface area contributed by atoms with E-state index in [4.69, 9.17) is 15.6 Å². The van der Waals surface area contributed by atoms with E-state index in [1.165, 1.54) is 12.8 Å². The Labute approximate surface area is 72.9 Å². The van der Waals surface area contributed by atoms with E-state index in [2.05, 4.69) is 0 Å². The van der Waals surface area contributed by atoms with Crippen LogP contribution in [0.2, 0.25) is 0 Å². The molecule has 0 aromatic rings. The Morgan fingerprint density at radius 1 is 1.42 bits per heavy atom. The van der Waals surface area contributed by atoms with E-state index >= 15 is 0 Å². The summed E-state index contributed by atoms with van der Waals surface area (Å²) in [6.07, 6.45) is 3.96. The summed E-state index contributed by atoms with van der Waals surface area (Å²) in [5.74, 6) is 1.04. The number of aliphatic hydroxyl groups excluding tert-OH is 1. The Balaban J connectivity index is 1.87. The number of hydrogen-bond acceptors (Lipinski definition) is 3. The second kappa shape index (κ2) is 3.32. The van der Waals surface area contributed by atoms with Gasteiger partial charge in [-0.3, -0.25) is 0 Å². The molecule has 1 saturated heterocycles. The van der Waals surface area contributed by atoms with Gasteiger partial charge in [-0.1, -0.05) is 0 Å². The van der Waals surface area contributed by atoms with Gasteiger partial charge < -0.3 is 15.6 Å². The van der Waals surface area contributed by atoms with Crippen molar-refractivity contribution in [2.24, 2.45) is 17.6 Å². The maximum Gasteiger partial charge on any atom is 0.0625 e. The predicted octanol–water partition coefficient (Wildman–Crippen LogP) is 0.121. The highest BCUT2D eigenvalue weighted by Gasteiger charge is 2.38. The van der Waals surface area contributed by atoms with Crippen molar-refractivity contribution >= 4 is 0 Å². The van der Waals surface area contributed by atoms with E-state index in [1.54, 1.807) is 0 Å². The topological polar surface area (TPSA) is 55.5 Å². The molecule has 0 amide bonds. The average Bonchev–Trinajstić information content (AvgIpc) is 2.88. The van der Waals surface area contributed by atoms with Crippen LogP contribution >= 0.6 is 0 Å². The van der Waals surface area contributed by atoms with E-state index < -0.39 is 0 Å². The van der Waals surface area contributed by atoms with Gasteiger partial charge in [0.2, 0.25) is 0 Å². The molecular formula is C9H17NO2. The van der Waals surface area contributed by atoms with Crippen LogP contribution in [0.15, 0.2) is 0 Å². The molecule has 3 unspecified atom stereocenters. The van der Waals surface area contributed by atoms with Gasteiger partial charge in [-0.2, -0.15) is 0 Å². The standard InChI is InChI=1S/C9H17NO2/c10-8-5-12-9(6-1-2-6)3-7(8)4-11/h6-9,11H,1-5,10H2. The van der Waals surface area contributed by atoms with E-state index in [-0.39, 0.29) is 18.6 Å². The second-order valence-corrected chi connectivity index (χ2v) is 4.05. The first kappa shape index (κ1) is 8.48. The van der Waals surface area contributed by atoms with E-state index in [0.29, 0.717) is 12.7 Å². The lowest BCUT2D eigenvalue weighted by atomic mass is 9.90. The molecule has 1 aliphatic heterocycles. The van der Waals surface area contributed by atoms with Gasteiger partial charge in [-0.15, -0.1) is 0 Å². The molecule has 2 aliphatic rings. The maximum atomic E-state index is 9.05. The van der Waals surface area contributed by atoms with Gasteiger partial charge >= 0.3 is 0 Å². The fraction of sp³-hybridized carbons (Fsp3) is 1.00. The third-order valence-electron chi connectivity index (χ3n) is 3.03. The molecule has 0 aromatic heterocycles. The Morgan fingerprint density at radius 2 is 2.17 bits per heavy atom.